The maximum atomic E-state index is 13.4. The highest BCUT2D eigenvalue weighted by molar-refractivity contribution is 5.70. The van der Waals surface area contributed by atoms with Crippen molar-refractivity contribution in [3.8, 4) is 6.07 Å². The van der Waals surface area contributed by atoms with Crippen molar-refractivity contribution >= 4 is 11.4 Å². The number of alkyl halides is 3. The smallest absolute Gasteiger partial charge is 0.398 e. The molecule has 1 fully saturated rings. The van der Waals surface area contributed by atoms with Crippen LogP contribution in [-0.4, -0.2) is 25.3 Å². The second-order valence-corrected chi connectivity index (χ2v) is 5.20. The summed E-state index contributed by atoms with van der Waals surface area (Å²) in [5.74, 6) is 0. The summed E-state index contributed by atoms with van der Waals surface area (Å²) in [7, 11) is 0. The van der Waals surface area contributed by atoms with Gasteiger partial charge < -0.3 is 15.4 Å². The van der Waals surface area contributed by atoms with E-state index < -0.39 is 17.3 Å². The highest BCUT2D eigenvalue weighted by atomic mass is 19.4. The molecule has 1 aliphatic rings. The Bertz CT molecular complexity index is 570. The van der Waals surface area contributed by atoms with Gasteiger partial charge in [0.15, 0.2) is 0 Å². The molecule has 4 nitrogen and oxygen atoms in total. The first kappa shape index (κ1) is 15.4. The van der Waals surface area contributed by atoms with Gasteiger partial charge in [0.1, 0.15) is 6.07 Å². The lowest BCUT2D eigenvalue weighted by atomic mass is 10.0. The van der Waals surface area contributed by atoms with E-state index in [1.165, 1.54) is 12.1 Å². The van der Waals surface area contributed by atoms with E-state index in [1.54, 1.807) is 24.8 Å². The molecule has 21 heavy (non-hydrogen) atoms. The van der Waals surface area contributed by atoms with Crippen LogP contribution in [0, 0.1) is 11.3 Å². The summed E-state index contributed by atoms with van der Waals surface area (Å²) in [4.78, 5) is 1.60. The van der Waals surface area contributed by atoms with Crippen LogP contribution in [-0.2, 0) is 10.9 Å². The van der Waals surface area contributed by atoms with Gasteiger partial charge in [0.25, 0.3) is 0 Å². The number of halogens is 3. The number of rotatable bonds is 1. The summed E-state index contributed by atoms with van der Waals surface area (Å²) in [6.45, 7) is 4.28. The Morgan fingerprint density at radius 2 is 1.86 bits per heavy atom. The van der Waals surface area contributed by atoms with Crippen molar-refractivity contribution in [3.05, 3.63) is 23.3 Å². The van der Waals surface area contributed by atoms with Gasteiger partial charge in [-0.2, -0.15) is 18.4 Å². The normalized spacial score (nSPS) is 23.0. The number of benzene rings is 1. The molecule has 0 bridgehead atoms. The minimum Gasteiger partial charge on any atom is -0.398 e. The zero-order chi connectivity index (χ0) is 15.8. The van der Waals surface area contributed by atoms with Crippen LogP contribution in [0.3, 0.4) is 0 Å². The van der Waals surface area contributed by atoms with E-state index in [1.807, 2.05) is 0 Å². The Hall–Kier alpha value is -1.94. The van der Waals surface area contributed by atoms with E-state index in [0.717, 1.165) is 0 Å². The van der Waals surface area contributed by atoms with Crippen molar-refractivity contribution in [3.63, 3.8) is 0 Å². The van der Waals surface area contributed by atoms with Crippen LogP contribution >= 0.6 is 0 Å². The minimum atomic E-state index is -4.64. The van der Waals surface area contributed by atoms with Gasteiger partial charge in [0.05, 0.1) is 34.7 Å². The predicted octanol–water partition coefficient (Wildman–Crippen LogP) is 2.77. The quantitative estimate of drug-likeness (QED) is 0.810. The molecule has 2 unspecified atom stereocenters. The highest BCUT2D eigenvalue weighted by Gasteiger charge is 2.39. The van der Waals surface area contributed by atoms with Gasteiger partial charge in [-0.15, -0.1) is 0 Å². The van der Waals surface area contributed by atoms with Gasteiger partial charge >= 0.3 is 6.18 Å². The van der Waals surface area contributed by atoms with Crippen LogP contribution in [0.2, 0.25) is 0 Å². The second-order valence-electron chi connectivity index (χ2n) is 5.20. The van der Waals surface area contributed by atoms with Gasteiger partial charge in [-0.05, 0) is 26.0 Å². The topological polar surface area (TPSA) is 62.3 Å². The molecule has 2 rings (SSSR count). The summed E-state index contributed by atoms with van der Waals surface area (Å²) in [6.07, 6.45) is -5.00. The molecule has 114 valence electrons. The Balaban J connectivity index is 2.56. The van der Waals surface area contributed by atoms with Crippen LogP contribution in [0.5, 0.6) is 0 Å². The van der Waals surface area contributed by atoms with Crippen molar-refractivity contribution in [2.45, 2.75) is 32.2 Å². The number of hydrogen-bond acceptors (Lipinski definition) is 4. The summed E-state index contributed by atoms with van der Waals surface area (Å²) >= 11 is 0. The molecule has 2 N–H and O–H groups in total. The minimum absolute atomic E-state index is 0.0183. The molecular weight excluding hydrogens is 283 g/mol. The van der Waals surface area contributed by atoms with Crippen LogP contribution in [0.1, 0.15) is 25.0 Å². The van der Waals surface area contributed by atoms with E-state index in [0.29, 0.717) is 13.1 Å². The second kappa shape index (κ2) is 5.45. The molecule has 2 atom stereocenters. The van der Waals surface area contributed by atoms with Crippen LogP contribution in [0.25, 0.3) is 0 Å². The van der Waals surface area contributed by atoms with Crippen molar-refractivity contribution in [2.75, 3.05) is 23.7 Å². The maximum Gasteiger partial charge on any atom is 0.419 e. The van der Waals surface area contributed by atoms with Crippen molar-refractivity contribution in [2.24, 2.45) is 0 Å². The van der Waals surface area contributed by atoms with E-state index in [2.05, 4.69) is 0 Å². The zero-order valence-corrected chi connectivity index (χ0v) is 11.7. The fourth-order valence-corrected chi connectivity index (χ4v) is 2.65. The molecule has 1 aromatic rings. The first-order valence-corrected chi connectivity index (χ1v) is 6.54. The molecule has 0 aromatic heterocycles. The number of nitrogen functional groups attached to an aromatic ring is 1. The van der Waals surface area contributed by atoms with Gasteiger partial charge in [0.2, 0.25) is 0 Å². The Kier molecular flexibility index (Phi) is 4.01. The molecule has 0 saturated carbocycles. The summed E-state index contributed by atoms with van der Waals surface area (Å²) in [6, 6.07) is 4.23. The van der Waals surface area contributed by atoms with Gasteiger partial charge in [-0.3, -0.25) is 0 Å². The molecule has 0 aliphatic carbocycles. The van der Waals surface area contributed by atoms with E-state index in [-0.39, 0.29) is 23.6 Å². The highest BCUT2D eigenvalue weighted by Crippen LogP contribution is 2.41. The number of morpholine rings is 1. The Labute approximate surface area is 120 Å². The molecule has 0 spiro atoms. The predicted molar refractivity (Wildman–Crippen MR) is 72.8 cm³/mol. The molecule has 7 heteroatoms. The molecule has 0 radical (unpaired) electrons. The number of hydrogen-bond donors (Lipinski definition) is 1. The van der Waals surface area contributed by atoms with Gasteiger partial charge in [0, 0.05) is 13.1 Å². The number of nitrogens with two attached hydrogens (primary N) is 1. The molecule has 0 amide bonds. The van der Waals surface area contributed by atoms with E-state index >= 15 is 0 Å². The maximum absolute atomic E-state index is 13.4. The Morgan fingerprint density at radius 1 is 1.29 bits per heavy atom. The fourth-order valence-electron chi connectivity index (χ4n) is 2.65. The average molecular weight is 299 g/mol. The molecule has 1 heterocycles. The number of nitriles is 1. The van der Waals surface area contributed by atoms with E-state index in [9.17, 15) is 13.2 Å². The molecule has 1 saturated heterocycles. The monoisotopic (exact) mass is 299 g/mol. The number of anilines is 2. The standard InChI is InChI=1S/C14H16F3N3O/c1-8-6-20(7-9(2)21-8)12-4-3-11(19)10(5-18)13(12)14(15,16)17/h3-4,8-9H,6-7,19H2,1-2H3. The zero-order valence-electron chi connectivity index (χ0n) is 11.7. The lowest BCUT2D eigenvalue weighted by Gasteiger charge is -2.38. The molecule has 1 aromatic carbocycles. The first-order valence-electron chi connectivity index (χ1n) is 6.54. The lowest BCUT2D eigenvalue weighted by Crippen LogP contribution is -2.46. The number of nitrogens with zero attached hydrogens (tertiary/aromatic N) is 2. The Morgan fingerprint density at radius 3 is 2.33 bits per heavy atom. The van der Waals surface area contributed by atoms with Crippen LogP contribution in [0.15, 0.2) is 12.1 Å². The van der Waals surface area contributed by atoms with Crippen LogP contribution in [0.4, 0.5) is 24.5 Å². The number of ether oxygens (including phenoxy) is 1. The van der Waals surface area contributed by atoms with Crippen LogP contribution < -0.4 is 10.6 Å². The van der Waals surface area contributed by atoms with Crippen molar-refractivity contribution in [1.82, 2.24) is 0 Å². The summed E-state index contributed by atoms with van der Waals surface area (Å²) in [5.41, 5.74) is 3.85. The largest absolute Gasteiger partial charge is 0.419 e. The van der Waals surface area contributed by atoms with E-state index in [4.69, 9.17) is 15.7 Å². The molecular formula is C14H16F3N3O. The molecule has 1 aliphatic heterocycles. The van der Waals surface area contributed by atoms with Crippen molar-refractivity contribution < 1.29 is 17.9 Å². The average Bonchev–Trinajstić information content (AvgIpc) is 2.35. The summed E-state index contributed by atoms with van der Waals surface area (Å²) in [5, 5.41) is 9.02. The lowest BCUT2D eigenvalue weighted by molar-refractivity contribution is -0.137. The third-order valence-electron chi connectivity index (χ3n) is 3.37. The SMILES string of the molecule is CC1CN(c2ccc(N)c(C#N)c2C(F)(F)F)CC(C)O1. The van der Waals surface area contributed by atoms with Gasteiger partial charge in [-0.25, -0.2) is 0 Å². The van der Waals surface area contributed by atoms with Crippen molar-refractivity contribution in [1.29, 1.82) is 5.26 Å². The fraction of sp³-hybridized carbons (Fsp3) is 0.500. The first-order chi connectivity index (χ1) is 9.74. The third-order valence-corrected chi connectivity index (χ3v) is 3.37. The van der Waals surface area contributed by atoms with Gasteiger partial charge in [-0.1, -0.05) is 0 Å². The summed E-state index contributed by atoms with van der Waals surface area (Å²) < 4.78 is 45.6. The third kappa shape index (κ3) is 3.05.